The molecule has 2 aromatic rings. The third kappa shape index (κ3) is 3.64. The van der Waals surface area contributed by atoms with Crippen LogP contribution < -0.4 is 4.90 Å². The first-order valence-corrected chi connectivity index (χ1v) is 9.57. The predicted molar refractivity (Wildman–Crippen MR) is 95.1 cm³/mol. The Bertz CT molecular complexity index is 1050. The monoisotopic (exact) mass is 408 g/mol. The standard InChI is InChI=1S/C17H14F2N4O4S/c18-15-8-12(11-20)9-16(19)17(15)21-4-6-22(7-5-21)28(26,27)14-3-1-2-13(10-14)23(24)25/h1-3,8-10H,4-7H2. The number of anilines is 1. The molecule has 0 amide bonds. The summed E-state index contributed by atoms with van der Waals surface area (Å²) in [5.74, 6) is -1.79. The smallest absolute Gasteiger partial charge is 0.270 e. The zero-order valence-electron chi connectivity index (χ0n) is 14.4. The molecule has 28 heavy (non-hydrogen) atoms. The van der Waals surface area contributed by atoms with E-state index >= 15 is 0 Å². The van der Waals surface area contributed by atoms with Gasteiger partial charge in [-0.25, -0.2) is 17.2 Å². The number of nitro groups is 1. The van der Waals surface area contributed by atoms with Gasteiger partial charge in [-0.15, -0.1) is 0 Å². The SMILES string of the molecule is N#Cc1cc(F)c(N2CCN(S(=O)(=O)c3cccc([N+](=O)[O-])c3)CC2)c(F)c1. The van der Waals surface area contributed by atoms with E-state index in [4.69, 9.17) is 5.26 Å². The molecule has 0 aliphatic carbocycles. The molecule has 0 saturated carbocycles. The van der Waals surface area contributed by atoms with Crippen LogP contribution in [0.25, 0.3) is 0 Å². The minimum absolute atomic E-state index is 0.0217. The number of rotatable bonds is 4. The van der Waals surface area contributed by atoms with E-state index in [-0.39, 0.29) is 48.0 Å². The van der Waals surface area contributed by atoms with E-state index < -0.39 is 26.6 Å². The fraction of sp³-hybridized carbons (Fsp3) is 0.235. The Hall–Kier alpha value is -3.10. The van der Waals surface area contributed by atoms with Crippen molar-refractivity contribution in [3.8, 4) is 6.07 Å². The Labute approximate surface area is 159 Å². The number of nitrogens with zero attached hydrogens (tertiary/aromatic N) is 4. The van der Waals surface area contributed by atoms with Crippen molar-refractivity contribution in [1.82, 2.24) is 4.31 Å². The summed E-state index contributed by atoms with van der Waals surface area (Å²) in [6, 6.07) is 8.21. The van der Waals surface area contributed by atoms with Gasteiger partial charge in [-0.2, -0.15) is 9.57 Å². The Morgan fingerprint density at radius 1 is 1.07 bits per heavy atom. The van der Waals surface area contributed by atoms with Crippen LogP contribution in [-0.2, 0) is 10.0 Å². The fourth-order valence-corrected chi connectivity index (χ4v) is 4.45. The largest absolute Gasteiger partial charge is 0.364 e. The first kappa shape index (κ1) is 19.7. The van der Waals surface area contributed by atoms with Crippen molar-refractivity contribution in [2.24, 2.45) is 0 Å². The molecule has 1 aliphatic heterocycles. The van der Waals surface area contributed by atoms with Crippen molar-refractivity contribution in [1.29, 1.82) is 5.26 Å². The zero-order chi connectivity index (χ0) is 20.5. The van der Waals surface area contributed by atoms with Crippen molar-refractivity contribution in [2.45, 2.75) is 4.90 Å². The predicted octanol–water partition coefficient (Wildman–Crippen LogP) is 2.26. The summed E-state index contributed by atoms with van der Waals surface area (Å²) in [6.07, 6.45) is 0. The number of piperazine rings is 1. The van der Waals surface area contributed by atoms with Gasteiger partial charge in [0.15, 0.2) is 11.6 Å². The maximum Gasteiger partial charge on any atom is 0.270 e. The molecule has 1 fully saturated rings. The Balaban J connectivity index is 1.80. The van der Waals surface area contributed by atoms with Crippen LogP contribution in [0.5, 0.6) is 0 Å². The average molecular weight is 408 g/mol. The molecule has 0 atom stereocenters. The molecule has 0 spiro atoms. The van der Waals surface area contributed by atoms with E-state index in [0.29, 0.717) is 0 Å². The molecule has 0 N–H and O–H groups in total. The number of benzene rings is 2. The Morgan fingerprint density at radius 3 is 2.21 bits per heavy atom. The van der Waals surface area contributed by atoms with Gasteiger partial charge < -0.3 is 4.90 Å². The zero-order valence-corrected chi connectivity index (χ0v) is 15.2. The summed E-state index contributed by atoms with van der Waals surface area (Å²) >= 11 is 0. The molecule has 2 aromatic carbocycles. The highest BCUT2D eigenvalue weighted by atomic mass is 32.2. The van der Waals surface area contributed by atoms with Gasteiger partial charge >= 0.3 is 0 Å². The summed E-state index contributed by atoms with van der Waals surface area (Å²) < 4.78 is 54.9. The molecular formula is C17H14F2N4O4S. The lowest BCUT2D eigenvalue weighted by molar-refractivity contribution is -0.385. The van der Waals surface area contributed by atoms with E-state index in [1.165, 1.54) is 23.1 Å². The van der Waals surface area contributed by atoms with Crippen LogP contribution in [0.4, 0.5) is 20.2 Å². The molecule has 146 valence electrons. The van der Waals surface area contributed by atoms with Gasteiger partial charge in [0, 0.05) is 38.3 Å². The second-order valence-corrected chi connectivity index (χ2v) is 7.98. The summed E-state index contributed by atoms with van der Waals surface area (Å²) in [5.41, 5.74) is -0.807. The highest BCUT2D eigenvalue weighted by molar-refractivity contribution is 7.89. The molecule has 1 saturated heterocycles. The van der Waals surface area contributed by atoms with Gasteiger partial charge in [0.05, 0.1) is 21.5 Å². The summed E-state index contributed by atoms with van der Waals surface area (Å²) in [5, 5.41) is 19.6. The van der Waals surface area contributed by atoms with Crippen molar-refractivity contribution in [3.05, 3.63) is 63.7 Å². The molecule has 0 bridgehead atoms. The van der Waals surface area contributed by atoms with E-state index in [0.717, 1.165) is 22.5 Å². The van der Waals surface area contributed by atoms with Crippen LogP contribution in [-0.4, -0.2) is 43.8 Å². The maximum absolute atomic E-state index is 14.2. The number of non-ortho nitro benzene ring substituents is 1. The van der Waals surface area contributed by atoms with Crippen LogP contribution in [0.15, 0.2) is 41.3 Å². The van der Waals surface area contributed by atoms with Crippen molar-refractivity contribution < 1.29 is 22.1 Å². The summed E-state index contributed by atoms with van der Waals surface area (Å²) in [7, 11) is -3.98. The van der Waals surface area contributed by atoms with Crippen molar-refractivity contribution in [2.75, 3.05) is 31.1 Å². The van der Waals surface area contributed by atoms with Crippen LogP contribution in [0, 0.1) is 33.1 Å². The lowest BCUT2D eigenvalue weighted by atomic mass is 10.1. The third-order valence-electron chi connectivity index (χ3n) is 4.37. The number of hydrogen-bond donors (Lipinski definition) is 0. The molecule has 0 radical (unpaired) electrons. The van der Waals surface area contributed by atoms with Crippen LogP contribution >= 0.6 is 0 Å². The molecule has 1 aliphatic rings. The number of nitro benzene ring substituents is 1. The summed E-state index contributed by atoms with van der Waals surface area (Å²) in [4.78, 5) is 11.3. The second kappa shape index (κ2) is 7.49. The second-order valence-electron chi connectivity index (χ2n) is 6.05. The molecule has 11 heteroatoms. The molecule has 1 heterocycles. The van der Waals surface area contributed by atoms with Crippen LogP contribution in [0.2, 0.25) is 0 Å². The lowest BCUT2D eigenvalue weighted by Crippen LogP contribution is -2.49. The van der Waals surface area contributed by atoms with Gasteiger partial charge in [0.1, 0.15) is 5.69 Å². The summed E-state index contributed by atoms with van der Waals surface area (Å²) in [6.45, 7) is -0.0599. The van der Waals surface area contributed by atoms with Gasteiger partial charge in [0.25, 0.3) is 5.69 Å². The Kier molecular flexibility index (Phi) is 5.26. The van der Waals surface area contributed by atoms with E-state index in [2.05, 4.69) is 0 Å². The normalized spacial score (nSPS) is 15.2. The van der Waals surface area contributed by atoms with E-state index in [1.54, 1.807) is 6.07 Å². The topological polar surface area (TPSA) is 108 Å². The van der Waals surface area contributed by atoms with Crippen LogP contribution in [0.3, 0.4) is 0 Å². The van der Waals surface area contributed by atoms with Crippen LogP contribution in [0.1, 0.15) is 5.56 Å². The van der Waals surface area contributed by atoms with E-state index in [9.17, 15) is 27.3 Å². The first-order valence-electron chi connectivity index (χ1n) is 8.12. The highest BCUT2D eigenvalue weighted by Crippen LogP contribution is 2.28. The fourth-order valence-electron chi connectivity index (χ4n) is 2.99. The molecule has 0 unspecified atom stereocenters. The lowest BCUT2D eigenvalue weighted by Gasteiger charge is -2.35. The first-order chi connectivity index (χ1) is 13.2. The number of sulfonamides is 1. The third-order valence-corrected chi connectivity index (χ3v) is 6.26. The number of nitriles is 1. The molecule has 3 rings (SSSR count). The van der Waals surface area contributed by atoms with Crippen molar-refractivity contribution >= 4 is 21.4 Å². The van der Waals surface area contributed by atoms with Gasteiger partial charge in [-0.3, -0.25) is 10.1 Å². The molecule has 0 aromatic heterocycles. The quantitative estimate of drug-likeness (QED) is 0.567. The minimum Gasteiger partial charge on any atom is -0.364 e. The van der Waals surface area contributed by atoms with E-state index in [1.807, 2.05) is 0 Å². The van der Waals surface area contributed by atoms with Gasteiger partial charge in [-0.1, -0.05) is 6.07 Å². The molecular weight excluding hydrogens is 394 g/mol. The molecule has 8 nitrogen and oxygen atoms in total. The Morgan fingerprint density at radius 2 is 1.68 bits per heavy atom. The highest BCUT2D eigenvalue weighted by Gasteiger charge is 2.31. The van der Waals surface area contributed by atoms with Gasteiger partial charge in [0.2, 0.25) is 10.0 Å². The van der Waals surface area contributed by atoms with Gasteiger partial charge in [-0.05, 0) is 18.2 Å². The maximum atomic E-state index is 14.2. The average Bonchev–Trinajstić information content (AvgIpc) is 2.67. The number of halogens is 2. The minimum atomic E-state index is -3.98. The van der Waals surface area contributed by atoms with Crippen molar-refractivity contribution in [3.63, 3.8) is 0 Å². The number of hydrogen-bond acceptors (Lipinski definition) is 6.